The number of nitro benzene ring substituents is 1. The zero-order chi connectivity index (χ0) is 15.9. The van der Waals surface area contributed by atoms with Crippen LogP contribution >= 0.6 is 0 Å². The number of hydrogen-bond donors (Lipinski definition) is 1. The number of benzene rings is 2. The maximum atomic E-state index is 10.9. The molecule has 0 aromatic heterocycles. The highest BCUT2D eigenvalue weighted by Crippen LogP contribution is 2.27. The molecule has 0 fully saturated rings. The lowest BCUT2D eigenvalue weighted by Gasteiger charge is -2.17. The minimum absolute atomic E-state index is 0.124. The van der Waals surface area contributed by atoms with Gasteiger partial charge in [0, 0.05) is 12.1 Å². The fourth-order valence-electron chi connectivity index (χ4n) is 2.55. The Hall–Kier alpha value is -2.40. The van der Waals surface area contributed by atoms with Crippen molar-refractivity contribution in [1.29, 1.82) is 0 Å². The highest BCUT2D eigenvalue weighted by atomic mass is 16.6. The average Bonchev–Trinajstić information content (AvgIpc) is 2.55. The van der Waals surface area contributed by atoms with Crippen molar-refractivity contribution < 1.29 is 9.66 Å². The van der Waals surface area contributed by atoms with Crippen molar-refractivity contribution >= 4 is 5.69 Å². The van der Waals surface area contributed by atoms with Gasteiger partial charge in [0.25, 0.3) is 5.69 Å². The van der Waals surface area contributed by atoms with E-state index in [-0.39, 0.29) is 16.5 Å². The number of nitrogens with zero attached hydrogens (tertiary/aromatic N) is 1. The number of ether oxygens (including phenoxy) is 1. The van der Waals surface area contributed by atoms with E-state index in [2.05, 4.69) is 0 Å². The molecule has 2 rings (SSSR count). The standard InChI is InChI=1S/C17H20N2O3/c1-22-17-7-5-14(6-8-17)15(9-10-18)11-13-3-2-4-16(12-13)19(20)21/h2-8,12,15H,9-11,18H2,1H3. The van der Waals surface area contributed by atoms with E-state index in [1.165, 1.54) is 6.07 Å². The molecule has 0 saturated carbocycles. The number of nitrogens with two attached hydrogens (primary N) is 1. The number of non-ortho nitro benzene ring substituents is 1. The highest BCUT2D eigenvalue weighted by molar-refractivity contribution is 5.36. The van der Waals surface area contributed by atoms with Crippen LogP contribution in [-0.4, -0.2) is 18.6 Å². The first kappa shape index (κ1) is 16.0. The average molecular weight is 300 g/mol. The fourth-order valence-corrected chi connectivity index (χ4v) is 2.55. The molecule has 0 saturated heterocycles. The largest absolute Gasteiger partial charge is 0.497 e. The Morgan fingerprint density at radius 2 is 1.95 bits per heavy atom. The molecular formula is C17H20N2O3. The summed E-state index contributed by atoms with van der Waals surface area (Å²) < 4.78 is 5.17. The number of rotatable bonds is 7. The van der Waals surface area contributed by atoms with Crippen LogP contribution in [0.4, 0.5) is 5.69 Å². The molecule has 116 valence electrons. The molecule has 0 aliphatic rings. The van der Waals surface area contributed by atoms with Gasteiger partial charge >= 0.3 is 0 Å². The van der Waals surface area contributed by atoms with Gasteiger partial charge in [-0.1, -0.05) is 24.3 Å². The van der Waals surface area contributed by atoms with E-state index >= 15 is 0 Å². The summed E-state index contributed by atoms with van der Waals surface area (Å²) in [4.78, 5) is 10.5. The molecular weight excluding hydrogens is 280 g/mol. The lowest BCUT2D eigenvalue weighted by atomic mass is 9.89. The first-order chi connectivity index (χ1) is 10.6. The quantitative estimate of drug-likeness (QED) is 0.628. The SMILES string of the molecule is COc1ccc(C(CCN)Cc2cccc([N+](=O)[O-])c2)cc1. The molecule has 1 atom stereocenters. The Morgan fingerprint density at radius 1 is 1.23 bits per heavy atom. The summed E-state index contributed by atoms with van der Waals surface area (Å²) in [5.41, 5.74) is 7.96. The summed E-state index contributed by atoms with van der Waals surface area (Å²) in [6, 6.07) is 14.7. The summed E-state index contributed by atoms with van der Waals surface area (Å²) in [5.74, 6) is 1.04. The van der Waals surface area contributed by atoms with Gasteiger partial charge in [-0.25, -0.2) is 0 Å². The van der Waals surface area contributed by atoms with Crippen LogP contribution in [0.25, 0.3) is 0 Å². The minimum Gasteiger partial charge on any atom is -0.497 e. The molecule has 2 aromatic carbocycles. The zero-order valence-corrected chi connectivity index (χ0v) is 12.6. The third-order valence-corrected chi connectivity index (χ3v) is 3.71. The second kappa shape index (κ2) is 7.56. The van der Waals surface area contributed by atoms with Crippen LogP contribution in [0.15, 0.2) is 48.5 Å². The van der Waals surface area contributed by atoms with Gasteiger partial charge in [0.1, 0.15) is 5.75 Å². The maximum Gasteiger partial charge on any atom is 0.269 e. The zero-order valence-electron chi connectivity index (χ0n) is 12.6. The molecule has 0 spiro atoms. The van der Waals surface area contributed by atoms with Crippen molar-refractivity contribution in [3.05, 3.63) is 69.8 Å². The first-order valence-corrected chi connectivity index (χ1v) is 7.21. The van der Waals surface area contributed by atoms with Crippen molar-refractivity contribution in [1.82, 2.24) is 0 Å². The van der Waals surface area contributed by atoms with Crippen molar-refractivity contribution in [2.24, 2.45) is 5.73 Å². The molecule has 0 aliphatic carbocycles. The van der Waals surface area contributed by atoms with Gasteiger partial charge in [0.2, 0.25) is 0 Å². The van der Waals surface area contributed by atoms with Crippen molar-refractivity contribution in [3.8, 4) is 5.75 Å². The Kier molecular flexibility index (Phi) is 5.49. The lowest BCUT2D eigenvalue weighted by molar-refractivity contribution is -0.384. The van der Waals surface area contributed by atoms with Gasteiger partial charge < -0.3 is 10.5 Å². The third-order valence-electron chi connectivity index (χ3n) is 3.71. The summed E-state index contributed by atoms with van der Waals surface area (Å²) in [6.07, 6.45) is 1.56. The highest BCUT2D eigenvalue weighted by Gasteiger charge is 2.14. The van der Waals surface area contributed by atoms with Crippen LogP contribution in [0.3, 0.4) is 0 Å². The second-order valence-electron chi connectivity index (χ2n) is 5.18. The third kappa shape index (κ3) is 4.05. The molecule has 1 unspecified atom stereocenters. The van der Waals surface area contributed by atoms with Gasteiger partial charge in [-0.2, -0.15) is 0 Å². The molecule has 0 heterocycles. The van der Waals surface area contributed by atoms with Gasteiger partial charge in [-0.15, -0.1) is 0 Å². The fraction of sp³-hybridized carbons (Fsp3) is 0.294. The molecule has 0 aliphatic heterocycles. The molecule has 2 aromatic rings. The molecule has 0 radical (unpaired) electrons. The van der Waals surface area contributed by atoms with Gasteiger partial charge in [0.15, 0.2) is 0 Å². The van der Waals surface area contributed by atoms with Crippen LogP contribution in [-0.2, 0) is 6.42 Å². The van der Waals surface area contributed by atoms with Crippen molar-refractivity contribution in [2.45, 2.75) is 18.8 Å². The molecule has 5 heteroatoms. The topological polar surface area (TPSA) is 78.4 Å². The van der Waals surface area contributed by atoms with E-state index in [9.17, 15) is 10.1 Å². The number of methoxy groups -OCH3 is 1. The Labute approximate surface area is 129 Å². The monoisotopic (exact) mass is 300 g/mol. The summed E-state index contributed by atoms with van der Waals surface area (Å²) in [5, 5.41) is 10.9. The molecule has 5 nitrogen and oxygen atoms in total. The van der Waals surface area contributed by atoms with E-state index in [1.54, 1.807) is 19.2 Å². The first-order valence-electron chi connectivity index (χ1n) is 7.21. The summed E-state index contributed by atoms with van der Waals surface area (Å²) in [7, 11) is 1.63. The smallest absolute Gasteiger partial charge is 0.269 e. The van der Waals surface area contributed by atoms with Gasteiger partial charge in [0.05, 0.1) is 12.0 Å². The Balaban J connectivity index is 2.20. The van der Waals surface area contributed by atoms with Gasteiger partial charge in [-0.05, 0) is 48.6 Å². The van der Waals surface area contributed by atoms with E-state index in [4.69, 9.17) is 10.5 Å². The van der Waals surface area contributed by atoms with E-state index < -0.39 is 0 Å². The van der Waals surface area contributed by atoms with Gasteiger partial charge in [-0.3, -0.25) is 10.1 Å². The van der Waals surface area contributed by atoms with E-state index in [0.717, 1.165) is 29.7 Å². The Bertz CT molecular complexity index is 626. The lowest BCUT2D eigenvalue weighted by Crippen LogP contribution is -2.10. The normalized spacial score (nSPS) is 11.9. The maximum absolute atomic E-state index is 10.9. The molecule has 0 bridgehead atoms. The van der Waals surface area contributed by atoms with Crippen LogP contribution in [0.2, 0.25) is 0 Å². The number of hydrogen-bond acceptors (Lipinski definition) is 4. The predicted molar refractivity (Wildman–Crippen MR) is 86.2 cm³/mol. The second-order valence-corrected chi connectivity index (χ2v) is 5.18. The van der Waals surface area contributed by atoms with Crippen molar-refractivity contribution in [3.63, 3.8) is 0 Å². The van der Waals surface area contributed by atoms with Crippen LogP contribution < -0.4 is 10.5 Å². The molecule has 0 amide bonds. The predicted octanol–water partition coefficient (Wildman–Crippen LogP) is 3.28. The van der Waals surface area contributed by atoms with Crippen LogP contribution in [0, 0.1) is 10.1 Å². The Morgan fingerprint density at radius 3 is 2.55 bits per heavy atom. The molecule has 22 heavy (non-hydrogen) atoms. The summed E-state index contributed by atoms with van der Waals surface area (Å²) >= 11 is 0. The van der Waals surface area contributed by atoms with Crippen LogP contribution in [0.1, 0.15) is 23.5 Å². The van der Waals surface area contributed by atoms with Crippen molar-refractivity contribution in [2.75, 3.05) is 13.7 Å². The summed E-state index contributed by atoms with van der Waals surface area (Å²) in [6.45, 7) is 0.575. The minimum atomic E-state index is -0.366. The number of nitro groups is 1. The molecule has 2 N–H and O–H groups in total. The van der Waals surface area contributed by atoms with E-state index in [0.29, 0.717) is 6.54 Å². The van der Waals surface area contributed by atoms with E-state index in [1.807, 2.05) is 30.3 Å². The van der Waals surface area contributed by atoms with Crippen LogP contribution in [0.5, 0.6) is 5.75 Å².